The van der Waals surface area contributed by atoms with Gasteiger partial charge in [0.15, 0.2) is 0 Å². The molecule has 2 N–H and O–H groups in total. The van der Waals surface area contributed by atoms with Crippen molar-refractivity contribution in [2.24, 2.45) is 5.92 Å². The normalized spacial score (nSPS) is 12.5. The van der Waals surface area contributed by atoms with Gasteiger partial charge in [0.2, 0.25) is 11.8 Å². The van der Waals surface area contributed by atoms with Gasteiger partial charge in [0.05, 0.1) is 19.0 Å². The van der Waals surface area contributed by atoms with E-state index in [1.807, 2.05) is 13.8 Å². The molecular weight excluding hydrogens is 298 g/mol. The average molecular weight is 323 g/mol. The van der Waals surface area contributed by atoms with Gasteiger partial charge in [-0.2, -0.15) is 0 Å². The monoisotopic (exact) mass is 323 g/mol. The molecule has 1 aromatic rings. The number of methoxy groups -OCH3 is 1. The molecule has 0 radical (unpaired) electrons. The number of rotatable bonds is 5. The first kappa shape index (κ1) is 18.7. The number of aromatic nitrogens is 1. The Morgan fingerprint density at radius 2 is 1.87 bits per heavy atom. The van der Waals surface area contributed by atoms with Gasteiger partial charge in [-0.15, -0.1) is 0 Å². The largest absolute Gasteiger partial charge is 0.481 e. The number of nitrogens with zero attached hydrogens (tertiary/aromatic N) is 1. The molecule has 2 amide bonds. The topological polar surface area (TPSA) is 89.6 Å². The SMILES string of the molecule is COc1ccc(NC(=O)C(NC(=O)OC(C)(C)C)C(C)C)cn1. The van der Waals surface area contributed by atoms with E-state index in [9.17, 15) is 9.59 Å². The number of anilines is 1. The first-order chi connectivity index (χ1) is 10.6. The molecule has 1 heterocycles. The highest BCUT2D eigenvalue weighted by Gasteiger charge is 2.27. The minimum absolute atomic E-state index is 0.103. The van der Waals surface area contributed by atoms with Crippen LogP contribution in [0, 0.1) is 5.92 Å². The van der Waals surface area contributed by atoms with Gasteiger partial charge in [0, 0.05) is 6.07 Å². The van der Waals surface area contributed by atoms with Crippen molar-refractivity contribution in [3.05, 3.63) is 18.3 Å². The summed E-state index contributed by atoms with van der Waals surface area (Å²) in [6.45, 7) is 8.97. The summed E-state index contributed by atoms with van der Waals surface area (Å²) in [7, 11) is 1.51. The lowest BCUT2D eigenvalue weighted by Gasteiger charge is -2.25. The standard InChI is InChI=1S/C16H25N3O4/c1-10(2)13(19-15(21)23-16(3,4)5)14(20)18-11-7-8-12(22-6)17-9-11/h7-10,13H,1-6H3,(H,18,20)(H,19,21). The number of amides is 2. The summed E-state index contributed by atoms with van der Waals surface area (Å²) in [4.78, 5) is 28.3. The van der Waals surface area contributed by atoms with Crippen molar-refractivity contribution in [1.29, 1.82) is 0 Å². The van der Waals surface area contributed by atoms with Crippen LogP contribution in [-0.2, 0) is 9.53 Å². The first-order valence-corrected chi connectivity index (χ1v) is 7.43. The number of carbonyl (C=O) groups excluding carboxylic acids is 2. The van der Waals surface area contributed by atoms with E-state index < -0.39 is 17.7 Å². The van der Waals surface area contributed by atoms with E-state index in [0.717, 1.165) is 0 Å². The van der Waals surface area contributed by atoms with Gasteiger partial charge >= 0.3 is 6.09 Å². The second kappa shape index (κ2) is 7.80. The molecule has 0 spiro atoms. The lowest BCUT2D eigenvalue weighted by molar-refractivity contribution is -0.119. The Bertz CT molecular complexity index is 535. The zero-order valence-corrected chi connectivity index (χ0v) is 14.5. The maximum absolute atomic E-state index is 12.4. The van der Waals surface area contributed by atoms with Crippen molar-refractivity contribution in [1.82, 2.24) is 10.3 Å². The predicted octanol–water partition coefficient (Wildman–Crippen LogP) is 2.58. The van der Waals surface area contributed by atoms with Crippen LogP contribution in [0.15, 0.2) is 18.3 Å². The molecule has 0 aliphatic carbocycles. The number of pyridine rings is 1. The van der Waals surface area contributed by atoms with Crippen LogP contribution in [-0.4, -0.2) is 35.7 Å². The predicted molar refractivity (Wildman–Crippen MR) is 87.4 cm³/mol. The Kier molecular flexibility index (Phi) is 6.36. The van der Waals surface area contributed by atoms with Gasteiger partial charge in [-0.05, 0) is 32.8 Å². The van der Waals surface area contributed by atoms with Crippen LogP contribution < -0.4 is 15.4 Å². The third-order valence-electron chi connectivity index (χ3n) is 2.83. The van der Waals surface area contributed by atoms with Crippen molar-refractivity contribution < 1.29 is 19.1 Å². The molecule has 1 aromatic heterocycles. The molecule has 0 saturated carbocycles. The number of ether oxygens (including phenoxy) is 2. The maximum Gasteiger partial charge on any atom is 0.408 e. The number of carbonyl (C=O) groups is 2. The lowest BCUT2D eigenvalue weighted by Crippen LogP contribution is -2.48. The van der Waals surface area contributed by atoms with Crippen LogP contribution in [0.1, 0.15) is 34.6 Å². The Labute approximate surface area is 136 Å². The Morgan fingerprint density at radius 1 is 1.22 bits per heavy atom. The fourth-order valence-electron chi connectivity index (χ4n) is 1.76. The second-order valence-corrected chi connectivity index (χ2v) is 6.45. The Hall–Kier alpha value is -2.31. The van der Waals surface area contributed by atoms with Crippen LogP contribution in [0.25, 0.3) is 0 Å². The van der Waals surface area contributed by atoms with Crippen molar-refractivity contribution >= 4 is 17.7 Å². The lowest BCUT2D eigenvalue weighted by atomic mass is 10.0. The number of alkyl carbamates (subject to hydrolysis) is 1. The van der Waals surface area contributed by atoms with Gasteiger partial charge < -0.3 is 20.1 Å². The molecule has 7 nitrogen and oxygen atoms in total. The van der Waals surface area contributed by atoms with E-state index in [-0.39, 0.29) is 11.8 Å². The molecule has 0 aromatic carbocycles. The van der Waals surface area contributed by atoms with Gasteiger partial charge in [-0.25, -0.2) is 9.78 Å². The fraction of sp³-hybridized carbons (Fsp3) is 0.562. The highest BCUT2D eigenvalue weighted by Crippen LogP contribution is 2.13. The van der Waals surface area contributed by atoms with Crippen molar-refractivity contribution in [3.8, 4) is 5.88 Å². The van der Waals surface area contributed by atoms with Crippen LogP contribution in [0.4, 0.5) is 10.5 Å². The molecule has 0 aliphatic heterocycles. The third kappa shape index (κ3) is 6.54. The molecule has 0 bridgehead atoms. The van der Waals surface area contributed by atoms with E-state index in [0.29, 0.717) is 11.6 Å². The molecule has 128 valence electrons. The quantitative estimate of drug-likeness (QED) is 0.869. The minimum atomic E-state index is -0.716. The average Bonchev–Trinajstić information content (AvgIpc) is 2.43. The highest BCUT2D eigenvalue weighted by molar-refractivity contribution is 5.96. The van der Waals surface area contributed by atoms with E-state index in [1.54, 1.807) is 32.9 Å². The molecule has 0 saturated heterocycles. The van der Waals surface area contributed by atoms with E-state index in [1.165, 1.54) is 13.3 Å². The van der Waals surface area contributed by atoms with Crippen molar-refractivity contribution in [2.45, 2.75) is 46.3 Å². The molecule has 0 aliphatic rings. The van der Waals surface area contributed by atoms with E-state index in [4.69, 9.17) is 9.47 Å². The third-order valence-corrected chi connectivity index (χ3v) is 2.83. The van der Waals surface area contributed by atoms with Crippen LogP contribution in [0.3, 0.4) is 0 Å². The zero-order chi connectivity index (χ0) is 17.6. The summed E-state index contributed by atoms with van der Waals surface area (Å²) >= 11 is 0. The first-order valence-electron chi connectivity index (χ1n) is 7.43. The maximum atomic E-state index is 12.4. The zero-order valence-electron chi connectivity index (χ0n) is 14.5. The van der Waals surface area contributed by atoms with Crippen molar-refractivity contribution in [3.63, 3.8) is 0 Å². The van der Waals surface area contributed by atoms with Gasteiger partial charge in [-0.1, -0.05) is 13.8 Å². The van der Waals surface area contributed by atoms with Gasteiger partial charge in [0.1, 0.15) is 11.6 Å². The highest BCUT2D eigenvalue weighted by atomic mass is 16.6. The molecule has 1 unspecified atom stereocenters. The Morgan fingerprint density at radius 3 is 2.30 bits per heavy atom. The number of nitrogens with one attached hydrogen (secondary N) is 2. The summed E-state index contributed by atoms with van der Waals surface area (Å²) in [5, 5.41) is 5.31. The van der Waals surface area contributed by atoms with Crippen LogP contribution in [0.2, 0.25) is 0 Å². The summed E-state index contributed by atoms with van der Waals surface area (Å²) in [6.07, 6.45) is 0.862. The Balaban J connectivity index is 2.72. The molecule has 0 fully saturated rings. The van der Waals surface area contributed by atoms with E-state index >= 15 is 0 Å². The minimum Gasteiger partial charge on any atom is -0.481 e. The molecular formula is C16H25N3O4. The molecule has 1 atom stereocenters. The second-order valence-electron chi connectivity index (χ2n) is 6.45. The molecule has 1 rings (SSSR count). The molecule has 7 heteroatoms. The van der Waals surface area contributed by atoms with Crippen LogP contribution in [0.5, 0.6) is 5.88 Å². The van der Waals surface area contributed by atoms with E-state index in [2.05, 4.69) is 15.6 Å². The smallest absolute Gasteiger partial charge is 0.408 e. The molecule has 23 heavy (non-hydrogen) atoms. The fourth-order valence-corrected chi connectivity index (χ4v) is 1.76. The van der Waals surface area contributed by atoms with Gasteiger partial charge in [0.25, 0.3) is 0 Å². The summed E-state index contributed by atoms with van der Waals surface area (Å²) in [6, 6.07) is 2.60. The summed E-state index contributed by atoms with van der Waals surface area (Å²) in [5.74, 6) is 0.0156. The van der Waals surface area contributed by atoms with Crippen LogP contribution >= 0.6 is 0 Å². The van der Waals surface area contributed by atoms with Crippen molar-refractivity contribution in [2.75, 3.05) is 12.4 Å². The van der Waals surface area contributed by atoms with Gasteiger partial charge in [-0.3, -0.25) is 4.79 Å². The summed E-state index contributed by atoms with van der Waals surface area (Å²) in [5.41, 5.74) is -0.102. The number of hydrogen-bond donors (Lipinski definition) is 2. The summed E-state index contributed by atoms with van der Waals surface area (Å²) < 4.78 is 10.2. The number of hydrogen-bond acceptors (Lipinski definition) is 5.